The number of piperidine rings is 1. The summed E-state index contributed by atoms with van der Waals surface area (Å²) in [7, 11) is 4.21. The minimum Gasteiger partial charge on any atom is -0.341 e. The Morgan fingerprint density at radius 3 is 2.15 bits per heavy atom. The fourth-order valence-electron chi connectivity index (χ4n) is 2.70. The van der Waals surface area contributed by atoms with E-state index in [-0.39, 0.29) is 36.8 Å². The van der Waals surface area contributed by atoms with Crippen molar-refractivity contribution in [3.63, 3.8) is 0 Å². The number of hydrogen-bond acceptors (Lipinski definition) is 3. The van der Waals surface area contributed by atoms with Gasteiger partial charge in [-0.1, -0.05) is 13.8 Å². The zero-order valence-electron chi connectivity index (χ0n) is 13.2. The summed E-state index contributed by atoms with van der Waals surface area (Å²) in [5.74, 6) is 1.35. The zero-order chi connectivity index (χ0) is 13.7. The van der Waals surface area contributed by atoms with Crippen LogP contribution in [0.1, 0.15) is 33.1 Å². The van der Waals surface area contributed by atoms with Gasteiger partial charge in [-0.25, -0.2) is 0 Å². The molecule has 0 spiro atoms. The Morgan fingerprint density at radius 2 is 1.75 bits per heavy atom. The number of carbonyl (C=O) groups excluding carboxylic acids is 1. The zero-order valence-corrected chi connectivity index (χ0v) is 14.8. The third kappa shape index (κ3) is 7.67. The highest BCUT2D eigenvalue weighted by atomic mass is 35.5. The van der Waals surface area contributed by atoms with Crippen LogP contribution in [0.25, 0.3) is 0 Å². The van der Waals surface area contributed by atoms with Crippen LogP contribution in [0.4, 0.5) is 0 Å². The highest BCUT2D eigenvalue weighted by Crippen LogP contribution is 2.19. The minimum atomic E-state index is -0.310. The standard InChI is InChI=1S/C14H29N3O.2ClH/c1-11(2)9-13(15)14(18)17-7-5-12(6-8-17)10-16(3)4;;/h11-13H,5-10,15H2,1-4H3;2*1H/t13-;;/m0../s1. The molecule has 1 rings (SSSR count). The molecular formula is C14H31Cl2N3O. The molecular weight excluding hydrogens is 297 g/mol. The van der Waals surface area contributed by atoms with Crippen LogP contribution >= 0.6 is 24.8 Å². The summed E-state index contributed by atoms with van der Waals surface area (Å²) in [6, 6.07) is -0.310. The molecule has 1 heterocycles. The maximum absolute atomic E-state index is 12.2. The first-order valence-corrected chi connectivity index (χ1v) is 7.09. The van der Waals surface area contributed by atoms with E-state index in [0.717, 1.165) is 44.8 Å². The smallest absolute Gasteiger partial charge is 0.239 e. The average Bonchev–Trinajstić information content (AvgIpc) is 2.27. The van der Waals surface area contributed by atoms with Crippen LogP contribution in [0.5, 0.6) is 0 Å². The highest BCUT2D eigenvalue weighted by molar-refractivity contribution is 5.85. The van der Waals surface area contributed by atoms with Gasteiger partial charge in [-0.3, -0.25) is 4.79 Å². The van der Waals surface area contributed by atoms with E-state index in [2.05, 4.69) is 32.8 Å². The van der Waals surface area contributed by atoms with E-state index in [1.807, 2.05) is 4.90 Å². The van der Waals surface area contributed by atoms with Crippen LogP contribution in [-0.4, -0.2) is 55.5 Å². The second-order valence-electron chi connectivity index (χ2n) is 6.27. The number of rotatable bonds is 5. The first-order chi connectivity index (χ1) is 8.40. The normalized spacial score (nSPS) is 17.6. The van der Waals surface area contributed by atoms with Gasteiger partial charge < -0.3 is 15.5 Å². The Bertz CT molecular complexity index is 267. The predicted octanol–water partition coefficient (Wildman–Crippen LogP) is 2.00. The molecule has 1 saturated heterocycles. The summed E-state index contributed by atoms with van der Waals surface area (Å²) in [6.45, 7) is 7.10. The predicted molar refractivity (Wildman–Crippen MR) is 89.8 cm³/mol. The maximum Gasteiger partial charge on any atom is 0.239 e. The molecule has 0 radical (unpaired) electrons. The first kappa shape index (κ1) is 22.3. The molecule has 1 aliphatic heterocycles. The molecule has 6 heteroatoms. The Labute approximate surface area is 136 Å². The lowest BCUT2D eigenvalue weighted by atomic mass is 9.95. The number of nitrogens with two attached hydrogens (primary N) is 1. The van der Waals surface area contributed by atoms with E-state index in [0.29, 0.717) is 5.92 Å². The Hall–Kier alpha value is -0.0300. The van der Waals surface area contributed by atoms with Crippen LogP contribution < -0.4 is 5.73 Å². The van der Waals surface area contributed by atoms with Gasteiger partial charge >= 0.3 is 0 Å². The number of amides is 1. The summed E-state index contributed by atoms with van der Waals surface area (Å²) in [6.07, 6.45) is 3.01. The Morgan fingerprint density at radius 1 is 1.25 bits per heavy atom. The summed E-state index contributed by atoms with van der Waals surface area (Å²) < 4.78 is 0. The van der Waals surface area contributed by atoms with E-state index in [9.17, 15) is 4.79 Å². The summed E-state index contributed by atoms with van der Waals surface area (Å²) in [5, 5.41) is 0. The number of hydrogen-bond donors (Lipinski definition) is 1. The third-order valence-corrected chi connectivity index (χ3v) is 3.59. The average molecular weight is 328 g/mol. The fourth-order valence-corrected chi connectivity index (χ4v) is 2.70. The summed E-state index contributed by atoms with van der Waals surface area (Å²) >= 11 is 0. The number of carbonyl (C=O) groups is 1. The first-order valence-electron chi connectivity index (χ1n) is 7.09. The van der Waals surface area contributed by atoms with Crippen LogP contribution in [0.15, 0.2) is 0 Å². The van der Waals surface area contributed by atoms with Gasteiger partial charge in [0.25, 0.3) is 0 Å². The van der Waals surface area contributed by atoms with Gasteiger partial charge in [0.15, 0.2) is 0 Å². The molecule has 0 saturated carbocycles. The molecule has 20 heavy (non-hydrogen) atoms. The Kier molecular flexibility index (Phi) is 11.9. The summed E-state index contributed by atoms with van der Waals surface area (Å²) in [4.78, 5) is 16.3. The second-order valence-corrected chi connectivity index (χ2v) is 6.27. The lowest BCUT2D eigenvalue weighted by Gasteiger charge is -2.34. The molecule has 0 aromatic carbocycles. The van der Waals surface area contributed by atoms with Crippen molar-refractivity contribution in [2.45, 2.75) is 39.2 Å². The van der Waals surface area contributed by atoms with Crippen LogP contribution in [0.2, 0.25) is 0 Å². The lowest BCUT2D eigenvalue weighted by Crippen LogP contribution is -2.48. The molecule has 1 amide bonds. The van der Waals surface area contributed by atoms with Crippen molar-refractivity contribution >= 4 is 30.7 Å². The van der Waals surface area contributed by atoms with Gasteiger partial charge in [0, 0.05) is 19.6 Å². The number of likely N-dealkylation sites (tertiary alicyclic amines) is 1. The highest BCUT2D eigenvalue weighted by Gasteiger charge is 2.26. The van der Waals surface area contributed by atoms with Crippen molar-refractivity contribution in [1.29, 1.82) is 0 Å². The molecule has 0 aromatic rings. The van der Waals surface area contributed by atoms with E-state index in [4.69, 9.17) is 5.73 Å². The SMILES string of the molecule is CC(C)C[C@H](N)C(=O)N1CCC(CN(C)C)CC1.Cl.Cl. The molecule has 4 nitrogen and oxygen atoms in total. The van der Waals surface area contributed by atoms with E-state index < -0.39 is 0 Å². The molecule has 0 unspecified atom stereocenters. The molecule has 1 fully saturated rings. The van der Waals surface area contributed by atoms with Crippen molar-refractivity contribution in [3.8, 4) is 0 Å². The van der Waals surface area contributed by atoms with Crippen molar-refractivity contribution in [2.24, 2.45) is 17.6 Å². The number of nitrogens with zero attached hydrogens (tertiary/aromatic N) is 2. The molecule has 0 aliphatic carbocycles. The van der Waals surface area contributed by atoms with Gasteiger partial charge in [-0.2, -0.15) is 0 Å². The fraction of sp³-hybridized carbons (Fsp3) is 0.929. The van der Waals surface area contributed by atoms with Crippen LogP contribution in [-0.2, 0) is 4.79 Å². The molecule has 0 aromatic heterocycles. The molecule has 122 valence electrons. The van der Waals surface area contributed by atoms with Crippen molar-refractivity contribution < 1.29 is 4.79 Å². The van der Waals surface area contributed by atoms with Crippen molar-refractivity contribution in [2.75, 3.05) is 33.7 Å². The second kappa shape index (κ2) is 10.7. The molecule has 1 atom stereocenters. The quantitative estimate of drug-likeness (QED) is 0.840. The van der Waals surface area contributed by atoms with Gasteiger partial charge in [-0.15, -0.1) is 24.8 Å². The van der Waals surface area contributed by atoms with Gasteiger partial charge in [0.1, 0.15) is 0 Å². The van der Waals surface area contributed by atoms with Crippen molar-refractivity contribution in [3.05, 3.63) is 0 Å². The van der Waals surface area contributed by atoms with E-state index in [1.54, 1.807) is 0 Å². The molecule has 2 N–H and O–H groups in total. The van der Waals surface area contributed by atoms with Gasteiger partial charge in [0.2, 0.25) is 5.91 Å². The summed E-state index contributed by atoms with van der Waals surface area (Å²) in [5.41, 5.74) is 5.96. The lowest BCUT2D eigenvalue weighted by molar-refractivity contribution is -0.134. The largest absolute Gasteiger partial charge is 0.341 e. The monoisotopic (exact) mass is 327 g/mol. The molecule has 1 aliphatic rings. The van der Waals surface area contributed by atoms with Crippen molar-refractivity contribution in [1.82, 2.24) is 9.80 Å². The van der Waals surface area contributed by atoms with Crippen LogP contribution in [0, 0.1) is 11.8 Å². The maximum atomic E-state index is 12.2. The molecule has 0 bridgehead atoms. The Balaban J connectivity index is 0. The van der Waals surface area contributed by atoms with Gasteiger partial charge in [-0.05, 0) is 45.2 Å². The third-order valence-electron chi connectivity index (χ3n) is 3.59. The topological polar surface area (TPSA) is 49.6 Å². The van der Waals surface area contributed by atoms with E-state index >= 15 is 0 Å². The number of halogens is 2. The van der Waals surface area contributed by atoms with E-state index in [1.165, 1.54) is 0 Å². The van der Waals surface area contributed by atoms with Crippen LogP contribution in [0.3, 0.4) is 0 Å². The minimum absolute atomic E-state index is 0. The van der Waals surface area contributed by atoms with Gasteiger partial charge in [0.05, 0.1) is 6.04 Å².